The van der Waals surface area contributed by atoms with Gasteiger partial charge in [0.15, 0.2) is 11.2 Å². The molecule has 0 bridgehead atoms. The second-order valence-electron chi connectivity index (χ2n) is 7.90. The third kappa shape index (κ3) is 5.64. The largest absolute Gasteiger partial charge is 0.506 e. The third-order valence-corrected chi connectivity index (χ3v) is 5.36. The molecule has 1 N–H and O–H groups in total. The minimum absolute atomic E-state index is 0.0137. The van der Waals surface area contributed by atoms with Gasteiger partial charge in [-0.2, -0.15) is 13.2 Å². The van der Waals surface area contributed by atoms with E-state index in [0.717, 1.165) is 22.4 Å². The molecule has 0 aliphatic rings. The highest BCUT2D eigenvalue weighted by molar-refractivity contribution is 5.99. The van der Waals surface area contributed by atoms with E-state index in [-0.39, 0.29) is 24.2 Å². The summed E-state index contributed by atoms with van der Waals surface area (Å²) >= 11 is 0. The Kier molecular flexibility index (Phi) is 7.28. The smallest absolute Gasteiger partial charge is 0.416 e. The van der Waals surface area contributed by atoms with E-state index in [2.05, 4.69) is 4.98 Å². The van der Waals surface area contributed by atoms with Crippen molar-refractivity contribution in [2.24, 2.45) is 0 Å². The average Bonchev–Trinajstić information content (AvgIpc) is 2.88. The quantitative estimate of drug-likeness (QED) is 0.348. The summed E-state index contributed by atoms with van der Waals surface area (Å²) in [6, 6.07) is 15.1. The normalized spacial score (nSPS) is 11.7. The SMILES string of the molecule is CCOC(=O)c1c(O)c2cc(C=Cc3ccc(C(F)(F)F)cc3)cnc2n(OCc2ccccc2)c1=O. The van der Waals surface area contributed by atoms with Crippen LogP contribution in [0.15, 0.2) is 71.7 Å². The number of esters is 1. The van der Waals surface area contributed by atoms with Gasteiger partial charge in [-0.05, 0) is 41.8 Å². The summed E-state index contributed by atoms with van der Waals surface area (Å²) in [6.07, 6.45) is 0.0955. The molecule has 0 saturated carbocycles. The minimum Gasteiger partial charge on any atom is -0.506 e. The van der Waals surface area contributed by atoms with Crippen LogP contribution in [0.5, 0.6) is 5.75 Å². The van der Waals surface area contributed by atoms with Crippen molar-refractivity contribution in [2.75, 3.05) is 6.61 Å². The van der Waals surface area contributed by atoms with Crippen LogP contribution in [0.1, 0.15) is 39.5 Å². The number of carbonyl (C=O) groups excluding carboxylic acids is 1. The maximum atomic E-state index is 13.1. The average molecular weight is 510 g/mol. The topological polar surface area (TPSA) is 90.7 Å². The number of carbonyl (C=O) groups is 1. The molecular formula is C27H21F3N2O5. The predicted molar refractivity (Wildman–Crippen MR) is 131 cm³/mol. The summed E-state index contributed by atoms with van der Waals surface area (Å²) in [6.45, 7) is 1.53. The zero-order valence-electron chi connectivity index (χ0n) is 19.5. The highest BCUT2D eigenvalue weighted by Crippen LogP contribution is 2.30. The lowest BCUT2D eigenvalue weighted by Crippen LogP contribution is -2.32. The molecule has 4 aromatic rings. The van der Waals surface area contributed by atoms with E-state index in [4.69, 9.17) is 9.57 Å². The molecule has 2 aromatic carbocycles. The van der Waals surface area contributed by atoms with Crippen molar-refractivity contribution in [1.82, 2.24) is 9.71 Å². The molecule has 0 unspecified atom stereocenters. The zero-order valence-corrected chi connectivity index (χ0v) is 19.5. The fourth-order valence-corrected chi connectivity index (χ4v) is 3.53. The summed E-state index contributed by atoms with van der Waals surface area (Å²) < 4.78 is 44.1. The summed E-state index contributed by atoms with van der Waals surface area (Å²) in [5.41, 5.74) is -0.621. The van der Waals surface area contributed by atoms with Gasteiger partial charge in [0.1, 0.15) is 12.4 Å². The van der Waals surface area contributed by atoms with E-state index in [1.807, 2.05) is 6.07 Å². The number of halogens is 3. The maximum absolute atomic E-state index is 13.1. The van der Waals surface area contributed by atoms with Crippen molar-refractivity contribution in [3.8, 4) is 5.75 Å². The van der Waals surface area contributed by atoms with Crippen LogP contribution in [0.2, 0.25) is 0 Å². The van der Waals surface area contributed by atoms with Crippen LogP contribution in [-0.2, 0) is 17.5 Å². The van der Waals surface area contributed by atoms with Crippen LogP contribution in [0.25, 0.3) is 23.2 Å². The number of aromatic hydroxyl groups is 1. The van der Waals surface area contributed by atoms with E-state index >= 15 is 0 Å². The molecule has 0 fully saturated rings. The molecule has 10 heteroatoms. The van der Waals surface area contributed by atoms with Crippen molar-refractivity contribution in [1.29, 1.82) is 0 Å². The van der Waals surface area contributed by atoms with Gasteiger partial charge in [-0.3, -0.25) is 4.79 Å². The molecule has 0 aliphatic carbocycles. The van der Waals surface area contributed by atoms with Crippen molar-refractivity contribution in [3.63, 3.8) is 0 Å². The number of benzene rings is 2. The first kappa shape index (κ1) is 25.5. The van der Waals surface area contributed by atoms with Gasteiger partial charge in [0.05, 0.1) is 17.6 Å². The van der Waals surface area contributed by atoms with E-state index in [1.54, 1.807) is 43.3 Å². The second kappa shape index (κ2) is 10.6. The molecule has 4 rings (SSSR count). The maximum Gasteiger partial charge on any atom is 0.416 e. The van der Waals surface area contributed by atoms with Crippen molar-refractivity contribution in [3.05, 3.63) is 105 Å². The van der Waals surface area contributed by atoms with Crippen molar-refractivity contribution < 1.29 is 32.6 Å². The first-order valence-corrected chi connectivity index (χ1v) is 11.2. The number of ether oxygens (including phenoxy) is 1. The Morgan fingerprint density at radius 1 is 1.05 bits per heavy atom. The number of nitrogens with zero attached hydrogens (tertiary/aromatic N) is 2. The first-order valence-electron chi connectivity index (χ1n) is 11.2. The van der Waals surface area contributed by atoms with Gasteiger partial charge in [-0.15, -0.1) is 4.73 Å². The minimum atomic E-state index is -4.43. The summed E-state index contributed by atoms with van der Waals surface area (Å²) in [7, 11) is 0. The number of aromatic nitrogens is 2. The fraction of sp³-hybridized carbons (Fsp3) is 0.148. The molecule has 0 spiro atoms. The molecular weight excluding hydrogens is 489 g/mol. The number of fused-ring (bicyclic) bond motifs is 1. The lowest BCUT2D eigenvalue weighted by molar-refractivity contribution is -0.137. The Bertz CT molecular complexity index is 1510. The number of rotatable bonds is 7. The number of pyridine rings is 2. The van der Waals surface area contributed by atoms with Crippen molar-refractivity contribution >= 4 is 29.2 Å². The van der Waals surface area contributed by atoms with Gasteiger partial charge in [-0.1, -0.05) is 54.6 Å². The Labute approximate surface area is 209 Å². The van der Waals surface area contributed by atoms with Crippen LogP contribution in [0.4, 0.5) is 13.2 Å². The Balaban J connectivity index is 1.75. The lowest BCUT2D eigenvalue weighted by Gasteiger charge is -2.14. The molecule has 0 aliphatic heterocycles. The summed E-state index contributed by atoms with van der Waals surface area (Å²) in [5, 5.41) is 10.9. The van der Waals surface area contributed by atoms with Crippen LogP contribution in [-0.4, -0.2) is 27.4 Å². The Morgan fingerprint density at radius 2 is 1.73 bits per heavy atom. The van der Waals surface area contributed by atoms with Gasteiger partial charge in [0.2, 0.25) is 0 Å². The molecule has 2 heterocycles. The standard InChI is InChI=1S/C27H21F3N2O5/c1-2-36-26(35)22-23(33)21-14-19(9-8-17-10-12-20(13-11-17)27(28,29)30)15-31-24(21)32(25(22)34)37-16-18-6-4-3-5-7-18/h3-15,33H,2,16H2,1H3. The molecule has 0 saturated heterocycles. The fourth-order valence-electron chi connectivity index (χ4n) is 3.53. The Hall–Kier alpha value is -4.60. The summed E-state index contributed by atoms with van der Waals surface area (Å²) in [5.74, 6) is -1.63. The predicted octanol–water partition coefficient (Wildman–Crippen LogP) is 5.10. The number of hydrogen-bond acceptors (Lipinski definition) is 6. The lowest BCUT2D eigenvalue weighted by atomic mass is 10.1. The van der Waals surface area contributed by atoms with Gasteiger partial charge in [-0.25, -0.2) is 9.78 Å². The molecule has 37 heavy (non-hydrogen) atoms. The molecule has 0 atom stereocenters. The Morgan fingerprint density at radius 3 is 2.38 bits per heavy atom. The van der Waals surface area contributed by atoms with E-state index < -0.39 is 34.6 Å². The molecule has 2 aromatic heterocycles. The van der Waals surface area contributed by atoms with Gasteiger partial charge < -0.3 is 14.7 Å². The van der Waals surface area contributed by atoms with Crippen LogP contribution >= 0.6 is 0 Å². The van der Waals surface area contributed by atoms with E-state index in [0.29, 0.717) is 11.1 Å². The van der Waals surface area contributed by atoms with E-state index in [9.17, 15) is 27.9 Å². The van der Waals surface area contributed by atoms with Crippen LogP contribution < -0.4 is 10.4 Å². The molecule has 0 amide bonds. The molecule has 7 nitrogen and oxygen atoms in total. The number of hydrogen-bond donors (Lipinski definition) is 1. The van der Waals surface area contributed by atoms with Gasteiger partial charge in [0.25, 0.3) is 0 Å². The van der Waals surface area contributed by atoms with Crippen molar-refractivity contribution in [2.45, 2.75) is 19.7 Å². The van der Waals surface area contributed by atoms with Crippen LogP contribution in [0.3, 0.4) is 0 Å². The van der Waals surface area contributed by atoms with Crippen LogP contribution in [0, 0.1) is 0 Å². The first-order chi connectivity index (χ1) is 17.7. The highest BCUT2D eigenvalue weighted by atomic mass is 19.4. The highest BCUT2D eigenvalue weighted by Gasteiger charge is 2.30. The molecule has 0 radical (unpaired) electrons. The second-order valence-corrected chi connectivity index (χ2v) is 7.90. The van der Waals surface area contributed by atoms with Gasteiger partial charge >= 0.3 is 17.7 Å². The van der Waals surface area contributed by atoms with Gasteiger partial charge in [0, 0.05) is 6.20 Å². The zero-order chi connectivity index (χ0) is 26.6. The summed E-state index contributed by atoms with van der Waals surface area (Å²) in [4.78, 5) is 35.5. The number of alkyl halides is 3. The third-order valence-electron chi connectivity index (χ3n) is 5.36. The monoisotopic (exact) mass is 510 g/mol. The molecule has 190 valence electrons. The van der Waals surface area contributed by atoms with E-state index in [1.165, 1.54) is 24.4 Å².